The van der Waals surface area contributed by atoms with Crippen molar-refractivity contribution in [2.75, 3.05) is 13.1 Å². The van der Waals surface area contributed by atoms with Crippen LogP contribution in [-0.2, 0) is 9.59 Å². The number of hydrogen-bond acceptors (Lipinski definition) is 6. The van der Waals surface area contributed by atoms with E-state index in [4.69, 9.17) is 5.11 Å². The molecule has 0 saturated carbocycles. The maximum absolute atomic E-state index is 10.0. The van der Waals surface area contributed by atoms with Crippen molar-refractivity contribution in [3.8, 4) is 0 Å². The molecule has 0 aromatic carbocycles. The van der Waals surface area contributed by atoms with E-state index in [0.29, 0.717) is 0 Å². The van der Waals surface area contributed by atoms with E-state index in [1.165, 1.54) is 6.92 Å². The monoisotopic (exact) mass is 193 g/mol. The van der Waals surface area contributed by atoms with Gasteiger partial charge in [-0.15, -0.1) is 0 Å². The predicted octanol–water partition coefficient (Wildman–Crippen LogP) is -4.70. The Hall–Kier alpha value is -1.18. The van der Waals surface area contributed by atoms with Crippen LogP contribution in [-0.4, -0.2) is 46.7 Å². The fraction of sp³-hybridized carbons (Fsp3) is 0.667. The highest BCUT2D eigenvalue weighted by molar-refractivity contribution is 5.70. The first-order chi connectivity index (χ1) is 5.43. The molecule has 0 rings (SSSR count). The lowest BCUT2D eigenvalue weighted by Crippen LogP contribution is -2.47. The van der Waals surface area contributed by atoms with E-state index in [1.807, 2.05) is 0 Å². The lowest BCUT2D eigenvalue weighted by molar-refractivity contribution is -0.312. The third kappa shape index (κ3) is 7.19. The molecule has 0 aliphatic rings. The van der Waals surface area contributed by atoms with Gasteiger partial charge in [-0.3, -0.25) is 4.90 Å². The maximum Gasteiger partial charge on any atom is 0.105 e. The van der Waals surface area contributed by atoms with Gasteiger partial charge in [0.05, 0.1) is 11.9 Å². The first-order valence-electron chi connectivity index (χ1n) is 3.25. The number of aliphatic carboxylic acids is 2. The van der Waals surface area contributed by atoms with Gasteiger partial charge in [0, 0.05) is 13.1 Å². The number of hydrogen-bond donors (Lipinski definition) is 1. The van der Waals surface area contributed by atoms with Crippen molar-refractivity contribution in [3.63, 3.8) is 0 Å². The van der Waals surface area contributed by atoms with Crippen molar-refractivity contribution in [2.45, 2.75) is 13.2 Å². The van der Waals surface area contributed by atoms with Crippen molar-refractivity contribution < 1.29 is 30.4 Å². The van der Waals surface area contributed by atoms with Crippen LogP contribution in [0.5, 0.6) is 0 Å². The first kappa shape index (κ1) is 14.3. The van der Waals surface area contributed by atoms with Gasteiger partial charge in [0.25, 0.3) is 0 Å². The minimum atomic E-state index is -1.45. The molecule has 0 heterocycles. The Morgan fingerprint density at radius 1 is 1.31 bits per heavy atom. The van der Waals surface area contributed by atoms with Gasteiger partial charge in [0.2, 0.25) is 0 Å². The topological polar surface area (TPSA) is 135 Å². The van der Waals surface area contributed by atoms with E-state index in [9.17, 15) is 19.8 Å². The minimum Gasteiger partial charge on any atom is -0.549 e. The smallest absolute Gasteiger partial charge is 0.105 e. The summed E-state index contributed by atoms with van der Waals surface area (Å²) in [6.07, 6.45) is -1.15. The lowest BCUT2D eigenvalue weighted by Gasteiger charge is -2.25. The number of carboxylic acids is 2. The molecule has 0 aromatic heterocycles. The van der Waals surface area contributed by atoms with E-state index in [0.717, 1.165) is 4.90 Å². The summed E-state index contributed by atoms with van der Waals surface area (Å²) in [5, 5.41) is 28.9. The Bertz CT molecular complexity index is 164. The second-order valence-electron chi connectivity index (χ2n) is 2.28. The average molecular weight is 193 g/mol. The first-order valence-corrected chi connectivity index (χ1v) is 3.25. The number of carbonyl (C=O) groups is 2. The zero-order chi connectivity index (χ0) is 9.72. The van der Waals surface area contributed by atoms with Crippen LogP contribution < -0.4 is 10.2 Å². The van der Waals surface area contributed by atoms with Crippen molar-refractivity contribution >= 4 is 11.9 Å². The van der Waals surface area contributed by atoms with Crippen LogP contribution in [0, 0.1) is 0 Å². The molecule has 7 heteroatoms. The molecular formula is C6H11NO6-2. The third-order valence-electron chi connectivity index (χ3n) is 1.19. The van der Waals surface area contributed by atoms with Crippen molar-refractivity contribution in [1.82, 2.24) is 4.90 Å². The van der Waals surface area contributed by atoms with Gasteiger partial charge in [-0.25, -0.2) is 0 Å². The molecule has 0 bridgehead atoms. The SMILES string of the molecule is CC(O)N(CC(=O)[O-])CC(=O)[O-].O. The number of carboxylic acid groups (broad SMARTS) is 2. The summed E-state index contributed by atoms with van der Waals surface area (Å²) in [4.78, 5) is 20.8. The number of nitrogens with zero attached hydrogens (tertiary/aromatic N) is 1. The Kier molecular flexibility index (Phi) is 7.01. The minimum absolute atomic E-state index is 0. The Balaban J connectivity index is 0. The van der Waals surface area contributed by atoms with Crippen molar-refractivity contribution in [2.24, 2.45) is 0 Å². The van der Waals surface area contributed by atoms with Crippen LogP contribution in [0.1, 0.15) is 6.92 Å². The quantitative estimate of drug-likeness (QED) is 0.436. The fourth-order valence-electron chi connectivity index (χ4n) is 0.652. The highest BCUT2D eigenvalue weighted by Crippen LogP contribution is 1.92. The molecule has 1 atom stereocenters. The van der Waals surface area contributed by atoms with Crippen LogP contribution in [0.15, 0.2) is 0 Å². The van der Waals surface area contributed by atoms with Crippen LogP contribution in [0.2, 0.25) is 0 Å². The molecular weight excluding hydrogens is 182 g/mol. The highest BCUT2D eigenvalue weighted by atomic mass is 16.4. The van der Waals surface area contributed by atoms with E-state index in [-0.39, 0.29) is 5.48 Å². The van der Waals surface area contributed by atoms with Crippen molar-refractivity contribution in [1.29, 1.82) is 0 Å². The summed E-state index contributed by atoms with van der Waals surface area (Å²) in [7, 11) is 0. The normalized spacial score (nSPS) is 11.9. The van der Waals surface area contributed by atoms with Gasteiger partial charge in [-0.2, -0.15) is 0 Å². The Morgan fingerprint density at radius 3 is 1.77 bits per heavy atom. The largest absolute Gasteiger partial charge is 0.549 e. The molecule has 1 unspecified atom stereocenters. The molecule has 78 valence electrons. The molecule has 0 amide bonds. The van der Waals surface area contributed by atoms with E-state index >= 15 is 0 Å². The van der Waals surface area contributed by atoms with Gasteiger partial charge in [0.15, 0.2) is 0 Å². The number of aliphatic hydroxyl groups is 1. The summed E-state index contributed by atoms with van der Waals surface area (Å²) in [6.45, 7) is -0.0107. The van der Waals surface area contributed by atoms with Crippen LogP contribution >= 0.6 is 0 Å². The zero-order valence-corrected chi connectivity index (χ0v) is 7.02. The maximum atomic E-state index is 10.0. The van der Waals surface area contributed by atoms with Crippen LogP contribution in [0.25, 0.3) is 0 Å². The summed E-state index contributed by atoms with van der Waals surface area (Å²) < 4.78 is 0. The molecule has 3 N–H and O–H groups in total. The fourth-order valence-corrected chi connectivity index (χ4v) is 0.652. The van der Waals surface area contributed by atoms with E-state index < -0.39 is 31.3 Å². The van der Waals surface area contributed by atoms with Crippen molar-refractivity contribution in [3.05, 3.63) is 0 Å². The lowest BCUT2D eigenvalue weighted by atomic mass is 10.4. The number of carbonyl (C=O) groups excluding carboxylic acids is 2. The molecule has 0 aromatic rings. The summed E-state index contributed by atoms with van der Waals surface area (Å²) in [5.41, 5.74) is 0. The Morgan fingerprint density at radius 2 is 1.62 bits per heavy atom. The molecule has 13 heavy (non-hydrogen) atoms. The summed E-state index contributed by atoms with van der Waals surface area (Å²) in [5.74, 6) is -2.89. The molecule has 0 radical (unpaired) electrons. The predicted molar refractivity (Wildman–Crippen MR) is 36.9 cm³/mol. The van der Waals surface area contributed by atoms with Gasteiger partial charge in [-0.1, -0.05) is 0 Å². The average Bonchev–Trinajstić information content (AvgIpc) is 1.83. The molecule has 7 nitrogen and oxygen atoms in total. The van der Waals surface area contributed by atoms with Gasteiger partial charge >= 0.3 is 0 Å². The standard InChI is InChI=1S/C6H11NO5.H2O/c1-4(8)7(2-5(9)10)3-6(11)12;/h4,8H,2-3H2,1H3,(H,9,10)(H,11,12);1H2/p-2. The summed E-state index contributed by atoms with van der Waals surface area (Å²) >= 11 is 0. The van der Waals surface area contributed by atoms with Gasteiger partial charge in [-0.05, 0) is 6.92 Å². The molecule has 0 spiro atoms. The van der Waals surface area contributed by atoms with Gasteiger partial charge < -0.3 is 30.4 Å². The van der Waals surface area contributed by atoms with E-state index in [2.05, 4.69) is 0 Å². The van der Waals surface area contributed by atoms with Crippen LogP contribution in [0.3, 0.4) is 0 Å². The second-order valence-corrected chi connectivity index (χ2v) is 2.28. The molecule has 0 aliphatic heterocycles. The van der Waals surface area contributed by atoms with E-state index in [1.54, 1.807) is 0 Å². The van der Waals surface area contributed by atoms with Gasteiger partial charge in [0.1, 0.15) is 6.23 Å². The second kappa shape index (κ2) is 6.35. The zero-order valence-electron chi connectivity index (χ0n) is 7.02. The summed E-state index contributed by atoms with van der Waals surface area (Å²) in [6, 6.07) is 0. The number of rotatable bonds is 5. The molecule has 0 aliphatic carbocycles. The van der Waals surface area contributed by atoms with Crippen LogP contribution in [0.4, 0.5) is 0 Å². The molecule has 0 saturated heterocycles. The Labute approximate surface area is 74.5 Å². The highest BCUT2D eigenvalue weighted by Gasteiger charge is 2.10. The molecule has 0 fully saturated rings. The third-order valence-corrected chi connectivity index (χ3v) is 1.19. The number of aliphatic hydroxyl groups excluding tert-OH is 1.